The van der Waals surface area contributed by atoms with Crippen LogP contribution >= 0.6 is 7.82 Å². The van der Waals surface area contributed by atoms with Crippen LogP contribution in [0.3, 0.4) is 0 Å². The van der Waals surface area contributed by atoms with Gasteiger partial charge in [-0.15, -0.1) is 6.58 Å². The molecule has 0 heterocycles. The molecule has 1 atom stereocenters. The topological polar surface area (TPSA) is 78.9 Å². The van der Waals surface area contributed by atoms with Crippen LogP contribution < -0.4 is 0 Å². The normalized spacial score (nSPS) is 15.2. The fourth-order valence-corrected chi connectivity index (χ4v) is 3.51. The number of hydrogen-bond donors (Lipinski definition) is 0. The quantitative estimate of drug-likeness (QED) is 0.503. The van der Waals surface area contributed by atoms with Crippen LogP contribution in [-0.2, 0) is 28.0 Å². The van der Waals surface area contributed by atoms with Gasteiger partial charge in [0, 0.05) is 14.2 Å². The summed E-state index contributed by atoms with van der Waals surface area (Å²) in [6.45, 7) is 3.11. The minimum Gasteiger partial charge on any atom is -0.290 e. The van der Waals surface area contributed by atoms with E-state index in [-0.39, 0.29) is 0 Å². The lowest BCUT2D eigenvalue weighted by molar-refractivity contribution is -0.144. The number of sulfone groups is 1. The Morgan fingerprint density at radius 3 is 2.11 bits per heavy atom. The average molecular weight is 326 g/mol. The molecule has 0 aromatic carbocycles. The van der Waals surface area contributed by atoms with E-state index in [1.807, 2.05) is 0 Å². The summed E-state index contributed by atoms with van der Waals surface area (Å²) < 4.78 is 84.6. The van der Waals surface area contributed by atoms with Crippen LogP contribution in [0.4, 0.5) is 13.2 Å². The molecule has 0 N–H and O–H groups in total. The van der Waals surface area contributed by atoms with Crippen molar-refractivity contribution in [2.24, 2.45) is 0 Å². The highest BCUT2D eigenvalue weighted by Gasteiger charge is 2.43. The van der Waals surface area contributed by atoms with Crippen LogP contribution in [0.15, 0.2) is 12.7 Å². The Morgan fingerprint density at radius 1 is 1.32 bits per heavy atom. The molecule has 1 unspecified atom stereocenters. The van der Waals surface area contributed by atoms with Crippen LogP contribution in [0.1, 0.15) is 6.42 Å². The molecule has 19 heavy (non-hydrogen) atoms. The molecular formula is C8H14F3O6PS. The summed E-state index contributed by atoms with van der Waals surface area (Å²) in [7, 11) is -7.00. The first-order valence-electron chi connectivity index (χ1n) is 4.79. The van der Waals surface area contributed by atoms with Crippen LogP contribution in [0.2, 0.25) is 0 Å². The molecule has 11 heteroatoms. The van der Waals surface area contributed by atoms with Crippen molar-refractivity contribution in [1.82, 2.24) is 0 Å². The molecule has 114 valence electrons. The van der Waals surface area contributed by atoms with E-state index in [0.29, 0.717) is 0 Å². The smallest absolute Gasteiger partial charge is 0.290 e. The Hall–Kier alpha value is -0.410. The Balaban J connectivity index is 5.31. The molecule has 0 saturated heterocycles. The maximum absolute atomic E-state index is 12.3. The van der Waals surface area contributed by atoms with E-state index in [0.717, 1.165) is 20.3 Å². The summed E-state index contributed by atoms with van der Waals surface area (Å²) in [5.41, 5.74) is -2.39. The predicted molar refractivity (Wildman–Crippen MR) is 61.2 cm³/mol. The first kappa shape index (κ1) is 18.6. The third-order valence-corrected chi connectivity index (χ3v) is 5.16. The molecule has 0 aliphatic carbocycles. The highest BCUT2D eigenvalue weighted by Crippen LogP contribution is 2.50. The second-order valence-electron chi connectivity index (χ2n) is 3.28. The monoisotopic (exact) mass is 326 g/mol. The summed E-state index contributed by atoms with van der Waals surface area (Å²) in [5.74, 6) is -0.763. The molecule has 0 rings (SSSR count). The van der Waals surface area contributed by atoms with Crippen molar-refractivity contribution >= 4 is 17.7 Å². The van der Waals surface area contributed by atoms with Crippen LogP contribution in [-0.4, -0.2) is 40.0 Å². The third kappa shape index (κ3) is 6.53. The largest absolute Gasteiger partial charge is 0.475 e. The van der Waals surface area contributed by atoms with Crippen molar-refractivity contribution in [2.45, 2.75) is 18.0 Å². The standard InChI is InChI=1S/C8H14F3O6PS/c1-4-5-19(13,14)7(6-8(9,10)11)17-18(12,15-2)16-3/h4,7H,1,5-6H2,2-3H3. The second kappa shape index (κ2) is 6.85. The zero-order valence-electron chi connectivity index (χ0n) is 10.2. The Morgan fingerprint density at radius 2 is 1.79 bits per heavy atom. The lowest BCUT2D eigenvalue weighted by Gasteiger charge is -2.22. The first-order chi connectivity index (χ1) is 8.49. The Bertz CT molecular complexity index is 438. The number of rotatable bonds is 8. The van der Waals surface area contributed by atoms with Gasteiger partial charge in [0.25, 0.3) is 0 Å². The van der Waals surface area contributed by atoms with Gasteiger partial charge >= 0.3 is 14.0 Å². The fraction of sp³-hybridized carbons (Fsp3) is 0.750. The molecule has 6 nitrogen and oxygen atoms in total. The van der Waals surface area contributed by atoms with E-state index in [4.69, 9.17) is 0 Å². The zero-order chi connectivity index (χ0) is 15.3. The summed E-state index contributed by atoms with van der Waals surface area (Å²) >= 11 is 0. The minimum atomic E-state index is -4.83. The van der Waals surface area contributed by atoms with Crippen LogP contribution in [0, 0.1) is 0 Å². The van der Waals surface area contributed by atoms with Gasteiger partial charge in [0.15, 0.2) is 15.3 Å². The highest BCUT2D eigenvalue weighted by molar-refractivity contribution is 7.92. The minimum absolute atomic E-state index is 0.763. The summed E-state index contributed by atoms with van der Waals surface area (Å²) in [6, 6.07) is 0. The van der Waals surface area contributed by atoms with Crippen molar-refractivity contribution in [3.8, 4) is 0 Å². The molecule has 0 aliphatic rings. The number of alkyl halides is 3. The van der Waals surface area contributed by atoms with Crippen molar-refractivity contribution < 1.29 is 39.7 Å². The fourth-order valence-electron chi connectivity index (χ4n) is 0.995. The molecule has 0 saturated carbocycles. The Labute approximate surface area is 109 Å². The summed E-state index contributed by atoms with van der Waals surface area (Å²) in [5, 5.41) is 0. The van der Waals surface area contributed by atoms with E-state index in [1.54, 1.807) is 0 Å². The van der Waals surface area contributed by atoms with Gasteiger partial charge in [0.05, 0.1) is 12.2 Å². The lowest BCUT2D eigenvalue weighted by atomic mass is 10.4. The van der Waals surface area contributed by atoms with Crippen LogP contribution in [0.5, 0.6) is 0 Å². The third-order valence-electron chi connectivity index (χ3n) is 1.84. The van der Waals surface area contributed by atoms with Crippen molar-refractivity contribution in [3.63, 3.8) is 0 Å². The molecule has 0 bridgehead atoms. The Kier molecular flexibility index (Phi) is 6.70. The van der Waals surface area contributed by atoms with E-state index in [2.05, 4.69) is 20.2 Å². The SMILES string of the molecule is C=CCS(=O)(=O)C(CC(F)(F)F)OP(=O)(OC)OC. The molecule has 0 fully saturated rings. The lowest BCUT2D eigenvalue weighted by Crippen LogP contribution is -2.31. The van der Waals surface area contributed by atoms with Gasteiger partial charge in [-0.25, -0.2) is 13.0 Å². The maximum Gasteiger partial charge on any atom is 0.475 e. The number of hydrogen-bond acceptors (Lipinski definition) is 6. The molecule has 0 spiro atoms. The van der Waals surface area contributed by atoms with Gasteiger partial charge in [-0.3, -0.25) is 13.6 Å². The van der Waals surface area contributed by atoms with Gasteiger partial charge in [0.1, 0.15) is 0 Å². The molecule has 0 radical (unpaired) electrons. The average Bonchev–Trinajstić information content (AvgIpc) is 2.26. The van der Waals surface area contributed by atoms with Crippen molar-refractivity contribution in [2.75, 3.05) is 20.0 Å². The van der Waals surface area contributed by atoms with Gasteiger partial charge in [0.2, 0.25) is 0 Å². The zero-order valence-corrected chi connectivity index (χ0v) is 11.9. The van der Waals surface area contributed by atoms with Crippen molar-refractivity contribution in [3.05, 3.63) is 12.7 Å². The molecule has 0 aromatic rings. The molecule has 0 amide bonds. The number of phosphoric ester groups is 1. The van der Waals surface area contributed by atoms with Gasteiger partial charge in [-0.2, -0.15) is 13.2 Å². The molecule has 0 aromatic heterocycles. The van der Waals surface area contributed by atoms with Crippen molar-refractivity contribution in [1.29, 1.82) is 0 Å². The first-order valence-corrected chi connectivity index (χ1v) is 7.96. The van der Waals surface area contributed by atoms with E-state index >= 15 is 0 Å². The molecule has 0 aliphatic heterocycles. The second-order valence-corrected chi connectivity index (χ2v) is 7.31. The summed E-state index contributed by atoms with van der Waals surface area (Å²) in [4.78, 5) is 0. The van der Waals surface area contributed by atoms with E-state index < -0.39 is 41.4 Å². The van der Waals surface area contributed by atoms with Crippen LogP contribution in [0.25, 0.3) is 0 Å². The predicted octanol–water partition coefficient (Wildman–Crippen LogP) is 2.28. The maximum atomic E-state index is 12.3. The van der Waals surface area contributed by atoms with Gasteiger partial charge < -0.3 is 0 Å². The van der Waals surface area contributed by atoms with E-state index in [9.17, 15) is 26.2 Å². The summed E-state index contributed by atoms with van der Waals surface area (Å²) in [6.07, 6.45) is -5.77. The van der Waals surface area contributed by atoms with Gasteiger partial charge in [-0.05, 0) is 0 Å². The van der Waals surface area contributed by atoms with E-state index in [1.165, 1.54) is 0 Å². The molecular weight excluding hydrogens is 312 g/mol. The number of halogens is 3. The highest BCUT2D eigenvalue weighted by atomic mass is 32.2. The van der Waals surface area contributed by atoms with Gasteiger partial charge in [-0.1, -0.05) is 6.08 Å². The number of phosphoric acid groups is 1.